The molecular weight excluding hydrogens is 589 g/mol. The number of carbonyl (C=O) groups is 1. The summed E-state index contributed by atoms with van der Waals surface area (Å²) in [7, 11) is -1.00. The third-order valence-corrected chi connectivity index (χ3v) is 13.3. The first kappa shape index (κ1) is 27.9. The van der Waals surface area contributed by atoms with E-state index in [0.29, 0.717) is 12.0 Å². The predicted molar refractivity (Wildman–Crippen MR) is 185 cm³/mol. The number of nitriles is 1. The molecule has 1 fully saturated rings. The molecule has 6 heteroatoms. The summed E-state index contributed by atoms with van der Waals surface area (Å²) in [4.78, 5) is 15.7. The van der Waals surface area contributed by atoms with Crippen molar-refractivity contribution in [3.63, 3.8) is 0 Å². The molecule has 4 nitrogen and oxygen atoms in total. The summed E-state index contributed by atoms with van der Waals surface area (Å²) in [5.41, 5.74) is 15.4. The van der Waals surface area contributed by atoms with Gasteiger partial charge in [0.15, 0.2) is 0 Å². The van der Waals surface area contributed by atoms with E-state index in [9.17, 15) is 9.90 Å². The molecule has 3 aromatic carbocycles. The molecule has 2 aliphatic carbocycles. The largest absolute Gasteiger partial charge is 0.477 e. The number of anilines is 2. The SMILES string of the molecule is CC1(C)c2cc(-c3ccc(/C=C(/C#N)C(=O)O)s3)ccc2-c2ccc(-[si]3ccc4c(c3)C3CCCC3N4c3ccccc3)cc21. The van der Waals surface area contributed by atoms with Crippen LogP contribution in [0.4, 0.5) is 11.4 Å². The Labute approximate surface area is 269 Å². The summed E-state index contributed by atoms with van der Waals surface area (Å²) >= 11 is 1.50. The van der Waals surface area contributed by atoms with Gasteiger partial charge in [-0.1, -0.05) is 80.2 Å². The normalized spacial score (nSPS) is 19.0. The van der Waals surface area contributed by atoms with E-state index in [2.05, 4.69) is 103 Å². The van der Waals surface area contributed by atoms with Crippen LogP contribution >= 0.6 is 11.3 Å². The zero-order chi connectivity index (χ0) is 30.9. The van der Waals surface area contributed by atoms with Crippen LogP contribution in [0, 0.1) is 11.3 Å². The van der Waals surface area contributed by atoms with Crippen LogP contribution in [-0.2, 0) is 10.2 Å². The number of benzene rings is 3. The Morgan fingerprint density at radius 1 is 1.00 bits per heavy atom. The average molecular weight is 621 g/mol. The van der Waals surface area contributed by atoms with Crippen molar-refractivity contribution in [3.05, 3.63) is 123 Å². The lowest BCUT2D eigenvalue weighted by Gasteiger charge is -2.27. The van der Waals surface area contributed by atoms with Gasteiger partial charge in [-0.2, -0.15) is 5.26 Å². The molecule has 1 N–H and O–H groups in total. The van der Waals surface area contributed by atoms with E-state index in [1.54, 1.807) is 11.6 Å². The monoisotopic (exact) mass is 620 g/mol. The fraction of sp³-hybridized carbons (Fsp3) is 0.205. The minimum Gasteiger partial charge on any atom is -0.477 e. The molecular formula is C39H32N2O2SSi. The fourth-order valence-electron chi connectivity index (χ4n) is 7.90. The second-order valence-corrected chi connectivity index (χ2v) is 16.1. The summed E-state index contributed by atoms with van der Waals surface area (Å²) < 4.78 is 0. The second-order valence-electron chi connectivity index (χ2n) is 12.9. The van der Waals surface area contributed by atoms with Gasteiger partial charge in [-0.05, 0) is 93.9 Å². The molecule has 3 heterocycles. The van der Waals surface area contributed by atoms with Gasteiger partial charge in [0.25, 0.3) is 0 Å². The Bertz CT molecular complexity index is 2090. The van der Waals surface area contributed by atoms with Gasteiger partial charge in [0, 0.05) is 38.5 Å². The number of carboxylic acid groups (broad SMARTS) is 1. The lowest BCUT2D eigenvalue weighted by Crippen LogP contribution is -2.26. The number of para-hydroxylation sites is 1. The van der Waals surface area contributed by atoms with E-state index in [1.807, 2.05) is 12.1 Å². The number of fused-ring (bicyclic) bond motifs is 6. The highest BCUT2D eigenvalue weighted by atomic mass is 32.1. The van der Waals surface area contributed by atoms with Gasteiger partial charge in [0.2, 0.25) is 0 Å². The Morgan fingerprint density at radius 3 is 2.56 bits per heavy atom. The molecule has 8 rings (SSSR count). The number of hydrogen-bond acceptors (Lipinski definition) is 4. The van der Waals surface area contributed by atoms with Gasteiger partial charge in [-0.15, -0.1) is 11.3 Å². The van der Waals surface area contributed by atoms with Crippen molar-refractivity contribution in [2.45, 2.75) is 50.5 Å². The number of nitrogens with zero attached hydrogens (tertiary/aromatic N) is 2. The topological polar surface area (TPSA) is 64.3 Å². The molecule has 45 heavy (non-hydrogen) atoms. The molecule has 3 aliphatic rings. The van der Waals surface area contributed by atoms with Gasteiger partial charge in [0.1, 0.15) is 11.6 Å². The highest BCUT2D eigenvalue weighted by Crippen LogP contribution is 2.53. The highest BCUT2D eigenvalue weighted by molar-refractivity contribution is 7.16. The summed E-state index contributed by atoms with van der Waals surface area (Å²) in [6.07, 6.45) is 5.29. The summed E-state index contributed by atoms with van der Waals surface area (Å²) in [5.74, 6) is -0.577. The standard InChI is InChI=1S/C39H32N2O2SSi/c1-39(2)33-20-24(37-16-12-27(44-37)19-25(22-40)38(42)43)11-14-29(33)30-15-13-28(21-34(30)39)45-18-17-36-32(23-45)31-9-6-10-35(31)41(36)26-7-4-3-5-8-26/h3-5,7-8,11-21,23,31,35H,6,9-10H2,1-2H3,(H,42,43)/b25-19-. The lowest BCUT2D eigenvalue weighted by atomic mass is 9.82. The molecule has 1 saturated carbocycles. The van der Waals surface area contributed by atoms with Crippen molar-refractivity contribution in [3.8, 4) is 32.8 Å². The molecule has 2 atom stereocenters. The molecule has 0 bridgehead atoms. The van der Waals surface area contributed by atoms with Crippen molar-refractivity contribution in [2.24, 2.45) is 0 Å². The minimum atomic E-state index is -1.20. The van der Waals surface area contributed by atoms with Crippen molar-refractivity contribution < 1.29 is 9.90 Å². The van der Waals surface area contributed by atoms with Crippen LogP contribution in [0.5, 0.6) is 0 Å². The van der Waals surface area contributed by atoms with Gasteiger partial charge in [0.05, 0.1) is 8.40 Å². The fourth-order valence-corrected chi connectivity index (χ4v) is 10.9. The van der Waals surface area contributed by atoms with E-state index in [1.165, 1.54) is 75.5 Å². The number of carboxylic acids is 1. The van der Waals surface area contributed by atoms with E-state index in [0.717, 1.165) is 15.3 Å². The maximum atomic E-state index is 11.3. The first-order valence-corrected chi connectivity index (χ1v) is 18.0. The zero-order valence-electron chi connectivity index (χ0n) is 25.2. The smallest absolute Gasteiger partial charge is 0.346 e. The van der Waals surface area contributed by atoms with E-state index in [-0.39, 0.29) is 11.0 Å². The van der Waals surface area contributed by atoms with Crippen molar-refractivity contribution >= 4 is 43.2 Å². The zero-order valence-corrected chi connectivity index (χ0v) is 27.1. The highest BCUT2D eigenvalue weighted by Gasteiger charge is 2.42. The third-order valence-electron chi connectivity index (χ3n) is 10.1. The van der Waals surface area contributed by atoms with Gasteiger partial charge in [-0.3, -0.25) is 0 Å². The number of hydrogen-bond donors (Lipinski definition) is 1. The molecule has 0 radical (unpaired) electrons. The van der Waals surface area contributed by atoms with E-state index < -0.39 is 14.4 Å². The van der Waals surface area contributed by atoms with Crippen molar-refractivity contribution in [1.29, 1.82) is 5.26 Å². The molecule has 0 amide bonds. The Hall–Kier alpha value is -4.57. The van der Waals surface area contributed by atoms with Gasteiger partial charge >= 0.3 is 5.97 Å². The van der Waals surface area contributed by atoms with Crippen LogP contribution in [0.25, 0.3) is 32.8 Å². The maximum Gasteiger partial charge on any atom is 0.346 e. The van der Waals surface area contributed by atoms with Crippen LogP contribution < -0.4 is 4.90 Å². The van der Waals surface area contributed by atoms with Gasteiger partial charge in [-0.25, -0.2) is 4.79 Å². The van der Waals surface area contributed by atoms with Crippen LogP contribution in [0.2, 0.25) is 0 Å². The lowest BCUT2D eigenvalue weighted by molar-refractivity contribution is -0.132. The number of rotatable bonds is 5. The summed E-state index contributed by atoms with van der Waals surface area (Å²) in [6.45, 7) is 4.66. The third kappa shape index (κ3) is 4.45. The minimum absolute atomic E-state index is 0.146. The first-order valence-electron chi connectivity index (χ1n) is 15.6. The second kappa shape index (κ2) is 10.5. The predicted octanol–water partition coefficient (Wildman–Crippen LogP) is 9.52. The van der Waals surface area contributed by atoms with E-state index in [4.69, 9.17) is 5.26 Å². The number of aliphatic carboxylic acids is 1. The first-order chi connectivity index (χ1) is 21.8. The van der Waals surface area contributed by atoms with E-state index >= 15 is 0 Å². The molecule has 1 aliphatic heterocycles. The molecule has 2 unspecified atom stereocenters. The van der Waals surface area contributed by atoms with Crippen LogP contribution in [0.15, 0.2) is 102 Å². The molecule has 5 aromatic rings. The number of thiophene rings is 1. The van der Waals surface area contributed by atoms with Gasteiger partial charge < -0.3 is 10.0 Å². The summed E-state index contributed by atoms with van der Waals surface area (Å²) in [6, 6.07) is 33.5. The quantitative estimate of drug-likeness (QED) is 0.121. The summed E-state index contributed by atoms with van der Waals surface area (Å²) in [5, 5.41) is 19.8. The van der Waals surface area contributed by atoms with Crippen LogP contribution in [-0.4, -0.2) is 25.5 Å². The molecule has 2 aromatic heterocycles. The maximum absolute atomic E-state index is 11.3. The molecule has 0 spiro atoms. The Kier molecular flexibility index (Phi) is 6.53. The Balaban J connectivity index is 1.13. The average Bonchev–Trinajstić information content (AvgIpc) is 3.83. The Morgan fingerprint density at radius 2 is 1.78 bits per heavy atom. The van der Waals surface area contributed by atoms with Crippen LogP contribution in [0.3, 0.4) is 0 Å². The molecule has 220 valence electrons. The molecule has 0 saturated heterocycles. The van der Waals surface area contributed by atoms with Crippen LogP contribution in [0.1, 0.15) is 60.6 Å². The van der Waals surface area contributed by atoms with Crippen molar-refractivity contribution in [2.75, 3.05) is 4.90 Å². The van der Waals surface area contributed by atoms with Crippen molar-refractivity contribution in [1.82, 2.24) is 0 Å².